The monoisotopic (exact) mass is 434 g/mol. The van der Waals surface area contributed by atoms with E-state index in [1.807, 2.05) is 0 Å². The van der Waals surface area contributed by atoms with Crippen LogP contribution in [0.25, 0.3) is 0 Å². The lowest BCUT2D eigenvalue weighted by molar-refractivity contribution is -0.126. The minimum absolute atomic E-state index is 0.112. The average molecular weight is 434 g/mol. The second kappa shape index (κ2) is 8.61. The van der Waals surface area contributed by atoms with Crippen molar-refractivity contribution in [3.8, 4) is 11.5 Å². The lowest BCUT2D eigenvalue weighted by Gasteiger charge is -2.31. The Kier molecular flexibility index (Phi) is 5.92. The predicted molar refractivity (Wildman–Crippen MR) is 107 cm³/mol. The van der Waals surface area contributed by atoms with Crippen LogP contribution in [0.5, 0.6) is 11.5 Å². The fourth-order valence-corrected chi connectivity index (χ4v) is 5.15. The quantitative estimate of drug-likeness (QED) is 0.781. The van der Waals surface area contributed by atoms with Crippen molar-refractivity contribution in [1.29, 1.82) is 0 Å². The number of halogens is 1. The number of rotatable bonds is 5. The highest BCUT2D eigenvalue weighted by Crippen LogP contribution is 2.34. The highest BCUT2D eigenvalue weighted by molar-refractivity contribution is 7.89. The molecule has 1 N–H and O–H groups in total. The van der Waals surface area contributed by atoms with Crippen molar-refractivity contribution < 1.29 is 27.1 Å². The molecule has 2 aromatic carbocycles. The van der Waals surface area contributed by atoms with Crippen LogP contribution in [0.1, 0.15) is 18.4 Å². The van der Waals surface area contributed by atoms with Gasteiger partial charge in [0, 0.05) is 37.2 Å². The van der Waals surface area contributed by atoms with Gasteiger partial charge in [-0.05, 0) is 31.0 Å². The summed E-state index contributed by atoms with van der Waals surface area (Å²) in [7, 11) is -3.69. The summed E-state index contributed by atoms with van der Waals surface area (Å²) in [6.07, 6.45) is 0.819. The van der Waals surface area contributed by atoms with Crippen LogP contribution in [0.4, 0.5) is 4.39 Å². The molecule has 2 heterocycles. The number of hydrogen-bond acceptors (Lipinski definition) is 5. The van der Waals surface area contributed by atoms with Crippen molar-refractivity contribution in [2.45, 2.75) is 24.3 Å². The smallest absolute Gasteiger partial charge is 0.243 e. The van der Waals surface area contributed by atoms with Gasteiger partial charge in [0.15, 0.2) is 11.5 Å². The molecule has 0 atom stereocenters. The van der Waals surface area contributed by atoms with E-state index in [1.54, 1.807) is 24.3 Å². The number of piperidine rings is 1. The summed E-state index contributed by atoms with van der Waals surface area (Å²) >= 11 is 0. The molecule has 4 rings (SSSR count). The Labute approximate surface area is 174 Å². The molecule has 2 aromatic rings. The maximum Gasteiger partial charge on any atom is 0.243 e. The lowest BCUT2D eigenvalue weighted by atomic mass is 9.97. The van der Waals surface area contributed by atoms with Crippen LogP contribution in [-0.4, -0.2) is 44.9 Å². The van der Waals surface area contributed by atoms with Gasteiger partial charge in [0.2, 0.25) is 15.9 Å². The van der Waals surface area contributed by atoms with Gasteiger partial charge < -0.3 is 14.8 Å². The molecule has 0 radical (unpaired) electrons. The summed E-state index contributed by atoms with van der Waals surface area (Å²) in [5, 5.41) is 2.75. The highest BCUT2D eigenvalue weighted by Gasteiger charge is 2.32. The molecule has 1 saturated heterocycles. The summed E-state index contributed by atoms with van der Waals surface area (Å²) in [5.41, 5.74) is 0.421. The molecule has 2 aliphatic rings. The summed E-state index contributed by atoms with van der Waals surface area (Å²) in [6, 6.07) is 10.9. The minimum Gasteiger partial charge on any atom is -0.486 e. The zero-order valence-corrected chi connectivity index (χ0v) is 17.2. The Morgan fingerprint density at radius 3 is 2.50 bits per heavy atom. The molecular formula is C21H23FN2O5S. The van der Waals surface area contributed by atoms with E-state index in [2.05, 4.69) is 5.32 Å². The Hall–Kier alpha value is -2.65. The first-order chi connectivity index (χ1) is 14.4. The summed E-state index contributed by atoms with van der Waals surface area (Å²) < 4.78 is 52.0. The van der Waals surface area contributed by atoms with E-state index in [4.69, 9.17) is 9.47 Å². The van der Waals surface area contributed by atoms with E-state index in [-0.39, 0.29) is 42.2 Å². The molecule has 160 valence electrons. The first kappa shape index (κ1) is 20.6. The average Bonchev–Trinajstić information content (AvgIpc) is 2.78. The topological polar surface area (TPSA) is 84.9 Å². The van der Waals surface area contributed by atoms with Gasteiger partial charge in [-0.25, -0.2) is 12.8 Å². The fraction of sp³-hybridized carbons (Fsp3) is 0.381. The molecule has 9 heteroatoms. The third-order valence-electron chi connectivity index (χ3n) is 5.39. The first-order valence-electron chi connectivity index (χ1n) is 9.86. The van der Waals surface area contributed by atoms with Crippen LogP contribution in [-0.2, 0) is 21.4 Å². The third-order valence-corrected chi connectivity index (χ3v) is 7.28. The van der Waals surface area contributed by atoms with Gasteiger partial charge in [-0.2, -0.15) is 4.31 Å². The Balaban J connectivity index is 1.35. The minimum atomic E-state index is -3.69. The highest BCUT2D eigenvalue weighted by atomic mass is 32.2. The first-order valence-corrected chi connectivity index (χ1v) is 11.3. The molecule has 1 amide bonds. The molecular weight excluding hydrogens is 411 g/mol. The molecule has 2 aliphatic heterocycles. The van der Waals surface area contributed by atoms with E-state index in [1.165, 1.54) is 22.5 Å². The molecule has 7 nitrogen and oxygen atoms in total. The molecule has 0 bridgehead atoms. The van der Waals surface area contributed by atoms with Gasteiger partial charge in [0.1, 0.15) is 19.0 Å². The number of nitrogens with zero attached hydrogens (tertiary/aromatic N) is 1. The van der Waals surface area contributed by atoms with Crippen LogP contribution < -0.4 is 14.8 Å². The molecule has 0 saturated carbocycles. The predicted octanol–water partition coefficient (Wildman–Crippen LogP) is 2.31. The van der Waals surface area contributed by atoms with Crippen molar-refractivity contribution in [2.75, 3.05) is 26.3 Å². The molecule has 0 aromatic heterocycles. The summed E-state index contributed by atoms with van der Waals surface area (Å²) in [6.45, 7) is 1.42. The zero-order chi connectivity index (χ0) is 21.1. The van der Waals surface area contributed by atoms with Crippen molar-refractivity contribution in [2.24, 2.45) is 5.92 Å². The number of hydrogen-bond donors (Lipinski definition) is 1. The number of nitrogens with one attached hydrogen (secondary N) is 1. The standard InChI is InChI=1S/C21H23FN2O5S/c22-18-4-2-1-3-16(18)14-23-21(25)15-7-9-24(10-8-15)30(26,27)17-5-6-19-20(13-17)29-12-11-28-19/h1-6,13,15H,7-12,14H2,(H,23,25). The maximum absolute atomic E-state index is 13.7. The number of carbonyl (C=O) groups excluding carboxylic acids is 1. The molecule has 0 unspecified atom stereocenters. The van der Waals surface area contributed by atoms with Gasteiger partial charge in [-0.1, -0.05) is 18.2 Å². The van der Waals surface area contributed by atoms with Crippen LogP contribution in [0, 0.1) is 11.7 Å². The van der Waals surface area contributed by atoms with E-state index < -0.39 is 10.0 Å². The lowest BCUT2D eigenvalue weighted by Crippen LogP contribution is -2.42. The number of amides is 1. The van der Waals surface area contributed by atoms with E-state index >= 15 is 0 Å². The number of sulfonamides is 1. The largest absolute Gasteiger partial charge is 0.486 e. The van der Waals surface area contributed by atoms with Crippen molar-refractivity contribution in [3.05, 3.63) is 53.8 Å². The Bertz CT molecular complexity index is 1040. The van der Waals surface area contributed by atoms with Crippen LogP contribution in [0.15, 0.2) is 47.4 Å². The second-order valence-electron chi connectivity index (χ2n) is 7.29. The van der Waals surface area contributed by atoms with Gasteiger partial charge in [-0.15, -0.1) is 0 Å². The van der Waals surface area contributed by atoms with Crippen LogP contribution in [0.2, 0.25) is 0 Å². The molecule has 1 fully saturated rings. The number of carbonyl (C=O) groups is 1. The molecule has 0 aliphatic carbocycles. The van der Waals surface area contributed by atoms with Gasteiger partial charge in [0.05, 0.1) is 4.90 Å². The summed E-state index contributed by atoms with van der Waals surface area (Å²) in [5.74, 6) is 0.103. The maximum atomic E-state index is 13.7. The fourth-order valence-electron chi connectivity index (χ4n) is 3.66. The van der Waals surface area contributed by atoms with Crippen LogP contribution in [0.3, 0.4) is 0 Å². The SMILES string of the molecule is O=C(NCc1ccccc1F)C1CCN(S(=O)(=O)c2ccc3c(c2)OCCO3)CC1. The molecule has 30 heavy (non-hydrogen) atoms. The third kappa shape index (κ3) is 4.27. The van der Waals surface area contributed by atoms with Crippen LogP contribution >= 0.6 is 0 Å². The van der Waals surface area contributed by atoms with Crippen molar-refractivity contribution in [3.63, 3.8) is 0 Å². The Morgan fingerprint density at radius 2 is 1.77 bits per heavy atom. The summed E-state index contributed by atoms with van der Waals surface area (Å²) in [4.78, 5) is 12.6. The number of ether oxygens (including phenoxy) is 2. The van der Waals surface area contributed by atoms with E-state index in [9.17, 15) is 17.6 Å². The van der Waals surface area contributed by atoms with Gasteiger partial charge >= 0.3 is 0 Å². The Morgan fingerprint density at radius 1 is 1.07 bits per heavy atom. The number of benzene rings is 2. The zero-order valence-electron chi connectivity index (χ0n) is 16.3. The number of fused-ring (bicyclic) bond motifs is 1. The van der Waals surface area contributed by atoms with E-state index in [0.717, 1.165) is 0 Å². The van der Waals surface area contributed by atoms with E-state index in [0.29, 0.717) is 43.1 Å². The van der Waals surface area contributed by atoms with Crippen molar-refractivity contribution >= 4 is 15.9 Å². The second-order valence-corrected chi connectivity index (χ2v) is 9.23. The molecule has 0 spiro atoms. The van der Waals surface area contributed by atoms with Gasteiger partial charge in [-0.3, -0.25) is 4.79 Å². The van der Waals surface area contributed by atoms with Crippen molar-refractivity contribution in [1.82, 2.24) is 9.62 Å². The van der Waals surface area contributed by atoms with Gasteiger partial charge in [0.25, 0.3) is 0 Å². The normalized spacial score (nSPS) is 17.5.